The molecule has 4 heteroatoms. The molecule has 40 heavy (non-hydrogen) atoms. The smallest absolute Gasteiger partial charge is 0.124 e. The molecule has 0 bridgehead atoms. The van der Waals surface area contributed by atoms with Gasteiger partial charge in [-0.3, -0.25) is 4.98 Å². The molecule has 0 fully saturated rings. The Bertz CT molecular complexity index is 2130. The molecule has 0 aliphatic rings. The van der Waals surface area contributed by atoms with Crippen LogP contribution in [0.15, 0.2) is 140 Å². The van der Waals surface area contributed by atoms with Crippen LogP contribution in [0.4, 0.5) is 0 Å². The predicted molar refractivity (Wildman–Crippen MR) is 168 cm³/mol. The van der Waals surface area contributed by atoms with Crippen LogP contribution in [-0.4, -0.2) is 14.5 Å². The van der Waals surface area contributed by atoms with Gasteiger partial charge < -0.3 is 4.57 Å². The first-order chi connectivity index (χ1) is 19.8. The molecule has 188 valence electrons. The summed E-state index contributed by atoms with van der Waals surface area (Å²) >= 11 is 1.74. The lowest BCUT2D eigenvalue weighted by Gasteiger charge is -2.14. The fourth-order valence-electron chi connectivity index (χ4n) is 5.65. The van der Waals surface area contributed by atoms with Gasteiger partial charge in [0.1, 0.15) is 5.01 Å². The predicted octanol–water partition coefficient (Wildman–Crippen LogP) is 9.79. The van der Waals surface area contributed by atoms with E-state index in [9.17, 15) is 0 Å². The molecule has 0 saturated heterocycles. The molecule has 8 rings (SSSR count). The van der Waals surface area contributed by atoms with Crippen LogP contribution in [0.2, 0.25) is 0 Å². The molecule has 8 aromatic rings. The van der Waals surface area contributed by atoms with E-state index in [1.807, 2.05) is 18.3 Å². The van der Waals surface area contributed by atoms with Crippen molar-refractivity contribution in [3.05, 3.63) is 140 Å². The molecule has 3 aromatic heterocycles. The average molecular weight is 530 g/mol. The monoisotopic (exact) mass is 529 g/mol. The van der Waals surface area contributed by atoms with Crippen LogP contribution in [0.5, 0.6) is 0 Å². The van der Waals surface area contributed by atoms with Crippen LogP contribution < -0.4 is 0 Å². The fourth-order valence-corrected chi connectivity index (χ4v) is 6.61. The Kier molecular flexibility index (Phi) is 5.32. The Hall–Kier alpha value is -5.06. The molecular formula is C36H23N3S. The maximum atomic E-state index is 4.95. The number of nitrogens with zero attached hydrogens (tertiary/aromatic N) is 3. The summed E-state index contributed by atoms with van der Waals surface area (Å²) in [5.41, 5.74) is 10.0. The van der Waals surface area contributed by atoms with E-state index in [1.54, 1.807) is 11.3 Å². The molecule has 0 N–H and O–H groups in total. The summed E-state index contributed by atoms with van der Waals surface area (Å²) in [6.07, 6.45) is 1.86. The van der Waals surface area contributed by atoms with E-state index >= 15 is 0 Å². The topological polar surface area (TPSA) is 30.7 Å². The molecule has 0 saturated carbocycles. The Morgan fingerprint density at radius 1 is 0.550 bits per heavy atom. The summed E-state index contributed by atoms with van der Waals surface area (Å²) in [6, 6.07) is 47.1. The highest BCUT2D eigenvalue weighted by atomic mass is 32.1. The largest absolute Gasteiger partial charge is 0.309 e. The second kappa shape index (κ2) is 9.30. The van der Waals surface area contributed by atoms with E-state index < -0.39 is 0 Å². The lowest BCUT2D eigenvalue weighted by atomic mass is 9.96. The highest BCUT2D eigenvalue weighted by Crippen LogP contribution is 2.39. The number of fused-ring (bicyclic) bond motifs is 4. The van der Waals surface area contributed by atoms with Gasteiger partial charge in [0.25, 0.3) is 0 Å². The Morgan fingerprint density at radius 2 is 1.35 bits per heavy atom. The first-order valence-electron chi connectivity index (χ1n) is 13.3. The molecule has 0 aliphatic heterocycles. The maximum Gasteiger partial charge on any atom is 0.124 e. The van der Waals surface area contributed by atoms with Gasteiger partial charge in [-0.1, -0.05) is 84.9 Å². The third-order valence-electron chi connectivity index (χ3n) is 7.50. The fraction of sp³-hybridized carbons (Fsp3) is 0. The zero-order chi connectivity index (χ0) is 26.5. The molecule has 5 aromatic carbocycles. The Balaban J connectivity index is 1.39. The van der Waals surface area contributed by atoms with Crippen molar-refractivity contribution < 1.29 is 0 Å². The number of hydrogen-bond donors (Lipinski definition) is 0. The van der Waals surface area contributed by atoms with Gasteiger partial charge >= 0.3 is 0 Å². The first-order valence-corrected chi connectivity index (χ1v) is 14.2. The van der Waals surface area contributed by atoms with Crippen molar-refractivity contribution in [2.75, 3.05) is 0 Å². The van der Waals surface area contributed by atoms with Crippen LogP contribution in [0.1, 0.15) is 0 Å². The molecular weight excluding hydrogens is 506 g/mol. The molecule has 0 radical (unpaired) electrons. The van der Waals surface area contributed by atoms with E-state index in [1.165, 1.54) is 32.1 Å². The van der Waals surface area contributed by atoms with Gasteiger partial charge in [0.2, 0.25) is 0 Å². The van der Waals surface area contributed by atoms with Gasteiger partial charge in [0.05, 0.1) is 26.9 Å². The van der Waals surface area contributed by atoms with Crippen LogP contribution >= 0.6 is 11.3 Å². The van der Waals surface area contributed by atoms with Crippen LogP contribution in [0.25, 0.3) is 70.7 Å². The van der Waals surface area contributed by atoms with Gasteiger partial charge in [0.15, 0.2) is 0 Å². The summed E-state index contributed by atoms with van der Waals surface area (Å²) < 4.78 is 3.58. The van der Waals surface area contributed by atoms with E-state index in [0.717, 1.165) is 38.5 Å². The number of benzene rings is 5. The third-order valence-corrected chi connectivity index (χ3v) is 8.59. The lowest BCUT2D eigenvalue weighted by molar-refractivity contribution is 1.18. The van der Waals surface area contributed by atoms with Crippen LogP contribution in [-0.2, 0) is 0 Å². The first kappa shape index (κ1) is 22.9. The number of para-hydroxylation sites is 2. The molecule has 0 amide bonds. The summed E-state index contributed by atoms with van der Waals surface area (Å²) in [5, 5.41) is 3.50. The third kappa shape index (κ3) is 3.73. The van der Waals surface area contributed by atoms with Crippen molar-refractivity contribution in [3.8, 4) is 38.6 Å². The summed E-state index contributed by atoms with van der Waals surface area (Å²) in [6.45, 7) is 0. The second-order valence-corrected chi connectivity index (χ2v) is 10.9. The Morgan fingerprint density at radius 3 is 2.23 bits per heavy atom. The SMILES string of the molecule is c1ccc(-c2ccc(-n3c4ccccc4c4ccc(-c5nc6ccccc6s5)cc43)cc2-c2ccccn2)cc1. The van der Waals surface area contributed by atoms with E-state index in [-0.39, 0.29) is 0 Å². The number of pyridine rings is 1. The van der Waals surface area contributed by atoms with Gasteiger partial charge in [-0.25, -0.2) is 4.98 Å². The zero-order valence-electron chi connectivity index (χ0n) is 21.5. The second-order valence-electron chi connectivity index (χ2n) is 9.88. The molecule has 0 unspecified atom stereocenters. The molecule has 0 atom stereocenters. The van der Waals surface area contributed by atoms with Crippen LogP contribution in [0, 0.1) is 0 Å². The van der Waals surface area contributed by atoms with E-state index in [0.29, 0.717) is 0 Å². The molecule has 0 aliphatic carbocycles. The van der Waals surface area contributed by atoms with Crippen molar-refractivity contribution in [1.82, 2.24) is 14.5 Å². The normalized spacial score (nSPS) is 11.5. The Labute approximate surface area is 235 Å². The quantitative estimate of drug-likeness (QED) is 0.227. The van der Waals surface area contributed by atoms with Crippen molar-refractivity contribution in [3.63, 3.8) is 0 Å². The summed E-state index contributed by atoms with van der Waals surface area (Å²) in [5.74, 6) is 0. The summed E-state index contributed by atoms with van der Waals surface area (Å²) in [7, 11) is 0. The number of thiazole rings is 1. The highest BCUT2D eigenvalue weighted by molar-refractivity contribution is 7.21. The van der Waals surface area contributed by atoms with E-state index in [4.69, 9.17) is 9.97 Å². The minimum atomic E-state index is 0.958. The lowest BCUT2D eigenvalue weighted by Crippen LogP contribution is -1.97. The van der Waals surface area contributed by atoms with Gasteiger partial charge in [-0.05, 0) is 59.7 Å². The average Bonchev–Trinajstić information content (AvgIpc) is 3.61. The molecule has 3 nitrogen and oxygen atoms in total. The van der Waals surface area contributed by atoms with Crippen molar-refractivity contribution in [2.24, 2.45) is 0 Å². The van der Waals surface area contributed by atoms with Crippen molar-refractivity contribution in [2.45, 2.75) is 0 Å². The summed E-state index contributed by atoms with van der Waals surface area (Å²) in [4.78, 5) is 9.69. The van der Waals surface area contributed by atoms with E-state index in [2.05, 4.69) is 126 Å². The van der Waals surface area contributed by atoms with Gasteiger partial charge in [0, 0.05) is 33.8 Å². The number of hydrogen-bond acceptors (Lipinski definition) is 3. The van der Waals surface area contributed by atoms with Crippen molar-refractivity contribution in [1.29, 1.82) is 0 Å². The molecule has 3 heterocycles. The zero-order valence-corrected chi connectivity index (χ0v) is 22.3. The minimum Gasteiger partial charge on any atom is -0.309 e. The maximum absolute atomic E-state index is 4.95. The van der Waals surface area contributed by atoms with Crippen LogP contribution in [0.3, 0.4) is 0 Å². The van der Waals surface area contributed by atoms with Gasteiger partial charge in [-0.2, -0.15) is 0 Å². The molecule has 0 spiro atoms. The van der Waals surface area contributed by atoms with Gasteiger partial charge in [-0.15, -0.1) is 11.3 Å². The number of rotatable bonds is 4. The minimum absolute atomic E-state index is 0.958. The standard InChI is InChI=1S/C36H23N3S/c1-2-10-24(11-3-1)27-20-18-26(23-30(27)31-13-8-9-21-37-31)39-33-15-6-4-12-28(33)29-19-17-25(22-34(29)39)36-38-32-14-5-7-16-35(32)40-36/h1-23H. The highest BCUT2D eigenvalue weighted by Gasteiger charge is 2.17. The van der Waals surface area contributed by atoms with Crippen molar-refractivity contribution >= 4 is 43.4 Å². The number of aromatic nitrogens is 3.